The number of carbonyl (C=O) groups is 2. The maximum absolute atomic E-state index is 12.7. The molecule has 0 saturated carbocycles. The number of piperazine rings is 1. The number of hydrogen-bond acceptors (Lipinski definition) is 3. The molecule has 1 unspecified atom stereocenters. The highest BCUT2D eigenvalue weighted by Gasteiger charge is 2.32. The third kappa shape index (κ3) is 2.82. The van der Waals surface area contributed by atoms with Crippen LogP contribution in [0.3, 0.4) is 0 Å². The monoisotopic (exact) mass is 275 g/mol. The minimum absolute atomic E-state index is 0.0682. The first-order valence-corrected chi connectivity index (χ1v) is 6.85. The number of rotatable bonds is 2. The van der Waals surface area contributed by atoms with Gasteiger partial charge in [0.25, 0.3) is 5.91 Å². The van der Waals surface area contributed by atoms with Gasteiger partial charge in [-0.25, -0.2) is 0 Å². The van der Waals surface area contributed by atoms with Gasteiger partial charge < -0.3 is 15.5 Å². The summed E-state index contributed by atoms with van der Waals surface area (Å²) in [6.45, 7) is 5.64. The molecule has 108 valence electrons. The van der Waals surface area contributed by atoms with Crippen molar-refractivity contribution in [1.29, 1.82) is 0 Å². The molecule has 1 atom stereocenters. The number of likely N-dealkylation sites (N-methyl/N-ethyl adjacent to an activating group) is 1. The molecule has 5 nitrogen and oxygen atoms in total. The van der Waals surface area contributed by atoms with Crippen LogP contribution >= 0.6 is 0 Å². The topological polar surface area (TPSA) is 61.4 Å². The fourth-order valence-electron chi connectivity index (χ4n) is 2.47. The molecule has 0 radical (unpaired) electrons. The van der Waals surface area contributed by atoms with Gasteiger partial charge in [-0.15, -0.1) is 0 Å². The van der Waals surface area contributed by atoms with E-state index in [1.54, 1.807) is 11.9 Å². The number of nitrogens with zero attached hydrogens (tertiary/aromatic N) is 1. The quantitative estimate of drug-likeness (QED) is 0.824. The SMILES string of the molecule is CNC(=O)C1CNCCN1C(=O)c1cc(C)ccc1C. The van der Waals surface area contributed by atoms with E-state index in [-0.39, 0.29) is 11.8 Å². The number of carbonyl (C=O) groups excluding carboxylic acids is 2. The predicted molar refractivity (Wildman–Crippen MR) is 77.7 cm³/mol. The van der Waals surface area contributed by atoms with E-state index >= 15 is 0 Å². The van der Waals surface area contributed by atoms with Gasteiger partial charge in [-0.2, -0.15) is 0 Å². The second-order valence-corrected chi connectivity index (χ2v) is 5.15. The van der Waals surface area contributed by atoms with Gasteiger partial charge in [0.05, 0.1) is 0 Å². The average molecular weight is 275 g/mol. The normalized spacial score (nSPS) is 18.8. The van der Waals surface area contributed by atoms with Gasteiger partial charge in [0.15, 0.2) is 0 Å². The van der Waals surface area contributed by atoms with Crippen LogP contribution in [0.2, 0.25) is 0 Å². The molecule has 0 aromatic heterocycles. The van der Waals surface area contributed by atoms with E-state index in [9.17, 15) is 9.59 Å². The second-order valence-electron chi connectivity index (χ2n) is 5.15. The van der Waals surface area contributed by atoms with Crippen LogP contribution in [-0.2, 0) is 4.79 Å². The van der Waals surface area contributed by atoms with Crippen LogP contribution in [0.1, 0.15) is 21.5 Å². The number of hydrogen-bond donors (Lipinski definition) is 2. The standard InChI is InChI=1S/C15H21N3O2/c1-10-4-5-11(2)12(8-10)15(20)18-7-6-17-9-13(18)14(19)16-3/h4-5,8,13,17H,6-7,9H2,1-3H3,(H,16,19). The number of amides is 2. The van der Waals surface area contributed by atoms with Crippen LogP contribution in [0.5, 0.6) is 0 Å². The summed E-state index contributed by atoms with van der Waals surface area (Å²) in [5.74, 6) is -0.197. The first-order valence-electron chi connectivity index (χ1n) is 6.85. The van der Waals surface area contributed by atoms with E-state index in [0.29, 0.717) is 25.2 Å². The zero-order valence-electron chi connectivity index (χ0n) is 12.2. The molecule has 1 aliphatic heterocycles. The number of nitrogens with one attached hydrogen (secondary N) is 2. The van der Waals surface area contributed by atoms with Crippen LogP contribution in [0.25, 0.3) is 0 Å². The van der Waals surface area contributed by atoms with E-state index in [1.165, 1.54) is 0 Å². The van der Waals surface area contributed by atoms with Crippen molar-refractivity contribution in [2.24, 2.45) is 0 Å². The Morgan fingerprint density at radius 2 is 2.10 bits per heavy atom. The van der Waals surface area contributed by atoms with E-state index in [4.69, 9.17) is 0 Å². The maximum Gasteiger partial charge on any atom is 0.254 e. The van der Waals surface area contributed by atoms with Crippen LogP contribution in [-0.4, -0.2) is 49.4 Å². The molecule has 20 heavy (non-hydrogen) atoms. The van der Waals surface area contributed by atoms with Crippen LogP contribution < -0.4 is 10.6 Å². The van der Waals surface area contributed by atoms with Crippen LogP contribution in [0.15, 0.2) is 18.2 Å². The average Bonchev–Trinajstić information content (AvgIpc) is 2.48. The van der Waals surface area contributed by atoms with Crippen molar-refractivity contribution in [2.45, 2.75) is 19.9 Å². The summed E-state index contributed by atoms with van der Waals surface area (Å²) in [6.07, 6.45) is 0. The summed E-state index contributed by atoms with van der Waals surface area (Å²) >= 11 is 0. The van der Waals surface area contributed by atoms with Crippen molar-refractivity contribution in [3.63, 3.8) is 0 Å². The molecule has 1 fully saturated rings. The van der Waals surface area contributed by atoms with Crippen molar-refractivity contribution in [3.05, 3.63) is 34.9 Å². The van der Waals surface area contributed by atoms with E-state index in [0.717, 1.165) is 11.1 Å². The van der Waals surface area contributed by atoms with Crippen molar-refractivity contribution in [1.82, 2.24) is 15.5 Å². The smallest absolute Gasteiger partial charge is 0.254 e. The summed E-state index contributed by atoms with van der Waals surface area (Å²) in [6, 6.07) is 5.38. The molecule has 2 rings (SSSR count). The summed E-state index contributed by atoms with van der Waals surface area (Å²) < 4.78 is 0. The maximum atomic E-state index is 12.7. The van der Waals surface area contributed by atoms with Gasteiger partial charge in [0.1, 0.15) is 6.04 Å². The molecule has 1 aromatic carbocycles. The molecule has 0 bridgehead atoms. The third-order valence-corrected chi connectivity index (χ3v) is 3.68. The molecule has 0 spiro atoms. The Hall–Kier alpha value is -1.88. The molecule has 1 aliphatic rings. The molecule has 1 heterocycles. The first-order chi connectivity index (χ1) is 9.54. The van der Waals surface area contributed by atoms with E-state index in [2.05, 4.69) is 10.6 Å². The van der Waals surface area contributed by atoms with Crippen molar-refractivity contribution >= 4 is 11.8 Å². The lowest BCUT2D eigenvalue weighted by atomic mass is 10.0. The van der Waals surface area contributed by atoms with Crippen LogP contribution in [0, 0.1) is 13.8 Å². The zero-order valence-corrected chi connectivity index (χ0v) is 12.2. The number of aryl methyl sites for hydroxylation is 2. The molecule has 0 aliphatic carbocycles. The highest BCUT2D eigenvalue weighted by molar-refractivity contribution is 5.99. The lowest BCUT2D eigenvalue weighted by Crippen LogP contribution is -2.59. The molecule has 1 aromatic rings. The Morgan fingerprint density at radius 1 is 1.35 bits per heavy atom. The summed E-state index contributed by atoms with van der Waals surface area (Å²) in [4.78, 5) is 26.3. The fourth-order valence-corrected chi connectivity index (χ4v) is 2.47. The van der Waals surface area contributed by atoms with Gasteiger partial charge >= 0.3 is 0 Å². The Balaban J connectivity index is 2.30. The van der Waals surface area contributed by atoms with Crippen molar-refractivity contribution < 1.29 is 9.59 Å². The Bertz CT molecular complexity index is 528. The molecule has 5 heteroatoms. The van der Waals surface area contributed by atoms with Crippen molar-refractivity contribution in [3.8, 4) is 0 Å². The minimum Gasteiger partial charge on any atom is -0.357 e. The van der Waals surface area contributed by atoms with Crippen LogP contribution in [0.4, 0.5) is 0 Å². The van der Waals surface area contributed by atoms with Gasteiger partial charge in [-0.1, -0.05) is 17.7 Å². The first kappa shape index (κ1) is 14.5. The lowest BCUT2D eigenvalue weighted by molar-refractivity contribution is -0.125. The molecule has 2 N–H and O–H groups in total. The Labute approximate surface area is 119 Å². The Kier molecular flexibility index (Phi) is 4.39. The minimum atomic E-state index is -0.443. The Morgan fingerprint density at radius 3 is 2.80 bits per heavy atom. The highest BCUT2D eigenvalue weighted by atomic mass is 16.2. The van der Waals surface area contributed by atoms with E-state index < -0.39 is 6.04 Å². The molecule has 1 saturated heterocycles. The molecular weight excluding hydrogens is 254 g/mol. The summed E-state index contributed by atoms with van der Waals surface area (Å²) in [5, 5.41) is 5.78. The number of benzene rings is 1. The summed E-state index contributed by atoms with van der Waals surface area (Å²) in [7, 11) is 1.59. The van der Waals surface area contributed by atoms with Gasteiger partial charge in [-0.05, 0) is 25.5 Å². The zero-order chi connectivity index (χ0) is 14.7. The highest BCUT2D eigenvalue weighted by Crippen LogP contribution is 2.16. The second kappa shape index (κ2) is 6.05. The molecule has 2 amide bonds. The van der Waals surface area contributed by atoms with Gasteiger partial charge in [0, 0.05) is 32.2 Å². The van der Waals surface area contributed by atoms with Gasteiger partial charge in [-0.3, -0.25) is 9.59 Å². The fraction of sp³-hybridized carbons (Fsp3) is 0.467. The molecular formula is C15H21N3O2. The summed E-state index contributed by atoms with van der Waals surface area (Å²) in [5.41, 5.74) is 2.67. The largest absolute Gasteiger partial charge is 0.357 e. The van der Waals surface area contributed by atoms with Crippen molar-refractivity contribution in [2.75, 3.05) is 26.7 Å². The lowest BCUT2D eigenvalue weighted by Gasteiger charge is -2.35. The van der Waals surface area contributed by atoms with E-state index in [1.807, 2.05) is 32.0 Å². The third-order valence-electron chi connectivity index (χ3n) is 3.68. The predicted octanol–water partition coefficient (Wildman–Crippen LogP) is 0.463. The van der Waals surface area contributed by atoms with Gasteiger partial charge in [0.2, 0.25) is 5.91 Å².